The first-order chi connectivity index (χ1) is 15.7. The van der Waals surface area contributed by atoms with Gasteiger partial charge in [-0.25, -0.2) is 0 Å². The van der Waals surface area contributed by atoms with Crippen LogP contribution in [-0.4, -0.2) is 66.2 Å². The van der Waals surface area contributed by atoms with Gasteiger partial charge in [0.15, 0.2) is 11.6 Å². The van der Waals surface area contributed by atoms with Gasteiger partial charge >= 0.3 is 0 Å². The highest BCUT2D eigenvalue weighted by Crippen LogP contribution is 2.34. The Morgan fingerprint density at radius 3 is 2.15 bits per heavy atom. The Kier molecular flexibility index (Phi) is 6.65. The van der Waals surface area contributed by atoms with Crippen molar-refractivity contribution >= 4 is 0 Å². The number of benzene rings is 2. The first-order valence-corrected chi connectivity index (χ1v) is 11.1. The third kappa shape index (κ3) is 4.71. The van der Waals surface area contributed by atoms with Crippen LogP contribution in [0.1, 0.15) is 43.8 Å². The third-order valence-corrected chi connectivity index (χ3v) is 6.12. The lowest BCUT2D eigenvalue weighted by Gasteiger charge is -2.39. The van der Waals surface area contributed by atoms with Gasteiger partial charge in [-0.05, 0) is 16.5 Å². The van der Waals surface area contributed by atoms with Gasteiger partial charge in [0.05, 0.1) is 13.2 Å². The second-order valence-electron chi connectivity index (χ2n) is 9.53. The van der Waals surface area contributed by atoms with Crippen molar-refractivity contribution < 1.29 is 25.2 Å². The fourth-order valence-electron chi connectivity index (χ4n) is 4.10. The van der Waals surface area contributed by atoms with Crippen LogP contribution in [0.4, 0.5) is 0 Å². The normalized spacial score (nSPS) is 25.8. The first-order valence-electron chi connectivity index (χ1n) is 11.1. The fourth-order valence-corrected chi connectivity index (χ4v) is 4.10. The second-order valence-corrected chi connectivity index (χ2v) is 9.53. The fraction of sp³-hybridized carbons (Fsp3) is 0.440. The van der Waals surface area contributed by atoms with Gasteiger partial charge in [-0.3, -0.25) is 0 Å². The van der Waals surface area contributed by atoms with Crippen molar-refractivity contribution in [2.24, 2.45) is 0 Å². The minimum Gasteiger partial charge on any atom is -0.394 e. The number of aliphatic hydroxyl groups is 4. The maximum Gasteiger partial charge on any atom is 0.165 e. The second kappa shape index (κ2) is 9.32. The van der Waals surface area contributed by atoms with Crippen LogP contribution in [0, 0.1) is 0 Å². The molecule has 176 valence electrons. The highest BCUT2D eigenvalue weighted by Gasteiger charge is 2.46. The van der Waals surface area contributed by atoms with E-state index >= 15 is 0 Å². The van der Waals surface area contributed by atoms with E-state index in [1.54, 1.807) is 0 Å². The van der Waals surface area contributed by atoms with Crippen molar-refractivity contribution in [3.63, 3.8) is 0 Å². The molecule has 0 unspecified atom stereocenters. The molecule has 5 atom stereocenters. The standard InChI is InChI=1S/C25H31N3O5/c1-25(2,3)17-11-9-16(10-12-17)23-26-27-24(28(23)13-15-7-5-4-6-8-15)22-21(32)20(31)19(30)18(14-29)33-22/h4-12,18-22,29-32H,13-14H2,1-3H3/t18-,19-,20+,21-,22-/m1/s1. The third-order valence-electron chi connectivity index (χ3n) is 6.12. The molecular weight excluding hydrogens is 422 g/mol. The highest BCUT2D eigenvalue weighted by atomic mass is 16.5. The van der Waals surface area contributed by atoms with Crippen molar-refractivity contribution in [2.45, 2.75) is 63.3 Å². The Balaban J connectivity index is 1.77. The average molecular weight is 454 g/mol. The molecule has 3 aromatic rings. The SMILES string of the molecule is CC(C)(C)c1ccc(-c2nnc([C@@H]3O[C@H](CO)[C@@H](O)[C@H](O)[C@H]3O)n2Cc2ccccc2)cc1. The van der Waals surface area contributed by atoms with E-state index in [1.807, 2.05) is 47.0 Å². The van der Waals surface area contributed by atoms with Gasteiger partial charge in [0.1, 0.15) is 30.5 Å². The van der Waals surface area contributed by atoms with Crippen LogP contribution >= 0.6 is 0 Å². The highest BCUT2D eigenvalue weighted by molar-refractivity contribution is 5.56. The predicted octanol–water partition coefficient (Wildman–Crippen LogP) is 1.81. The average Bonchev–Trinajstić information content (AvgIpc) is 3.21. The van der Waals surface area contributed by atoms with E-state index in [1.165, 1.54) is 5.56 Å². The van der Waals surface area contributed by atoms with Crippen LogP contribution in [0.2, 0.25) is 0 Å². The quantitative estimate of drug-likeness (QED) is 0.465. The molecule has 0 bridgehead atoms. The smallest absolute Gasteiger partial charge is 0.165 e. The van der Waals surface area contributed by atoms with E-state index in [-0.39, 0.29) is 5.41 Å². The van der Waals surface area contributed by atoms with E-state index in [9.17, 15) is 20.4 Å². The summed E-state index contributed by atoms with van der Waals surface area (Å²) in [4.78, 5) is 0. The lowest BCUT2D eigenvalue weighted by Crippen LogP contribution is -2.55. The summed E-state index contributed by atoms with van der Waals surface area (Å²) in [5.74, 6) is 0.900. The van der Waals surface area contributed by atoms with Crippen molar-refractivity contribution in [3.05, 3.63) is 71.5 Å². The Morgan fingerprint density at radius 1 is 0.879 bits per heavy atom. The van der Waals surface area contributed by atoms with E-state index in [0.717, 1.165) is 11.1 Å². The number of aliphatic hydroxyl groups excluding tert-OH is 4. The molecule has 4 N–H and O–H groups in total. The van der Waals surface area contributed by atoms with Crippen LogP contribution in [0.15, 0.2) is 54.6 Å². The molecule has 1 saturated heterocycles. The maximum absolute atomic E-state index is 10.7. The summed E-state index contributed by atoms with van der Waals surface area (Å²) in [6.45, 7) is 6.36. The molecule has 4 rings (SSSR count). The molecule has 2 aromatic carbocycles. The molecule has 1 aliphatic heterocycles. The molecule has 0 radical (unpaired) electrons. The Morgan fingerprint density at radius 2 is 1.55 bits per heavy atom. The van der Waals surface area contributed by atoms with Gasteiger partial charge in [-0.1, -0.05) is 75.4 Å². The molecular formula is C25H31N3O5. The van der Waals surface area contributed by atoms with Crippen molar-refractivity contribution in [1.82, 2.24) is 14.8 Å². The Bertz CT molecular complexity index is 1060. The number of aromatic nitrogens is 3. The van der Waals surface area contributed by atoms with Gasteiger partial charge in [-0.15, -0.1) is 10.2 Å². The van der Waals surface area contributed by atoms with Gasteiger partial charge in [0, 0.05) is 5.56 Å². The summed E-state index contributed by atoms with van der Waals surface area (Å²) in [6.07, 6.45) is -6.45. The number of rotatable bonds is 5. The zero-order chi connectivity index (χ0) is 23.8. The Labute approximate surface area is 193 Å². The summed E-state index contributed by atoms with van der Waals surface area (Å²) in [7, 11) is 0. The molecule has 2 heterocycles. The number of hydrogen-bond acceptors (Lipinski definition) is 7. The molecule has 1 aliphatic rings. The molecule has 0 spiro atoms. The van der Waals surface area contributed by atoms with E-state index < -0.39 is 37.1 Å². The van der Waals surface area contributed by atoms with E-state index in [4.69, 9.17) is 4.74 Å². The zero-order valence-electron chi connectivity index (χ0n) is 19.0. The summed E-state index contributed by atoms with van der Waals surface area (Å²) in [6, 6.07) is 17.9. The van der Waals surface area contributed by atoms with Gasteiger partial charge in [-0.2, -0.15) is 0 Å². The van der Waals surface area contributed by atoms with Crippen LogP contribution < -0.4 is 0 Å². The summed E-state index contributed by atoms with van der Waals surface area (Å²) in [5, 5.41) is 49.4. The Hall–Kier alpha value is -2.62. The number of nitrogens with zero attached hydrogens (tertiary/aromatic N) is 3. The lowest BCUT2D eigenvalue weighted by molar-refractivity contribution is -0.234. The molecule has 1 fully saturated rings. The van der Waals surface area contributed by atoms with E-state index in [2.05, 4.69) is 43.1 Å². The molecule has 8 heteroatoms. The van der Waals surface area contributed by atoms with E-state index in [0.29, 0.717) is 18.2 Å². The largest absolute Gasteiger partial charge is 0.394 e. The number of hydrogen-bond donors (Lipinski definition) is 4. The van der Waals surface area contributed by atoms with Crippen molar-refractivity contribution in [3.8, 4) is 11.4 Å². The monoisotopic (exact) mass is 453 g/mol. The van der Waals surface area contributed by atoms with Gasteiger partial charge in [0.25, 0.3) is 0 Å². The van der Waals surface area contributed by atoms with Crippen molar-refractivity contribution in [1.29, 1.82) is 0 Å². The molecule has 1 aromatic heterocycles. The first kappa shape index (κ1) is 23.5. The predicted molar refractivity (Wildman–Crippen MR) is 122 cm³/mol. The van der Waals surface area contributed by atoms with Gasteiger partial charge in [0.2, 0.25) is 0 Å². The molecule has 8 nitrogen and oxygen atoms in total. The number of ether oxygens (including phenoxy) is 1. The molecule has 0 amide bonds. The maximum atomic E-state index is 10.7. The van der Waals surface area contributed by atoms with Crippen LogP contribution in [0.25, 0.3) is 11.4 Å². The van der Waals surface area contributed by atoms with Gasteiger partial charge < -0.3 is 29.7 Å². The lowest BCUT2D eigenvalue weighted by atomic mass is 9.86. The minimum absolute atomic E-state index is 0.0116. The molecule has 0 aliphatic carbocycles. The molecule has 33 heavy (non-hydrogen) atoms. The zero-order valence-corrected chi connectivity index (χ0v) is 19.0. The van der Waals surface area contributed by atoms with Crippen LogP contribution in [-0.2, 0) is 16.7 Å². The molecule has 0 saturated carbocycles. The topological polar surface area (TPSA) is 121 Å². The minimum atomic E-state index is -1.49. The van der Waals surface area contributed by atoms with Crippen molar-refractivity contribution in [2.75, 3.05) is 6.61 Å². The summed E-state index contributed by atoms with van der Waals surface area (Å²) >= 11 is 0. The summed E-state index contributed by atoms with van der Waals surface area (Å²) in [5.41, 5.74) is 3.05. The van der Waals surface area contributed by atoms with Crippen LogP contribution in [0.5, 0.6) is 0 Å². The summed E-state index contributed by atoms with van der Waals surface area (Å²) < 4.78 is 7.62. The van der Waals surface area contributed by atoms with Crippen LogP contribution in [0.3, 0.4) is 0 Å².